The van der Waals surface area contributed by atoms with E-state index in [1.807, 2.05) is 20.8 Å². The maximum Gasteiger partial charge on any atom is 0.338 e. The fourth-order valence-corrected chi connectivity index (χ4v) is 9.12. The highest BCUT2D eigenvalue weighted by Gasteiger charge is 2.55. The van der Waals surface area contributed by atoms with E-state index in [1.165, 1.54) is 11.8 Å². The average Bonchev–Trinajstić information content (AvgIpc) is 3.18. The van der Waals surface area contributed by atoms with Gasteiger partial charge in [0, 0.05) is 11.9 Å². The lowest BCUT2D eigenvalue weighted by Gasteiger charge is -2.47. The van der Waals surface area contributed by atoms with Gasteiger partial charge in [-0.05, 0) is 88.1 Å². The van der Waals surface area contributed by atoms with Crippen molar-refractivity contribution in [2.75, 3.05) is 6.61 Å². The van der Waals surface area contributed by atoms with E-state index in [2.05, 4.69) is 51.7 Å². The Balaban J connectivity index is 1.92. The minimum absolute atomic E-state index is 0.0601. The second kappa shape index (κ2) is 20.9. The minimum atomic E-state index is -2.22. The number of rotatable bonds is 18. The molecule has 1 saturated heterocycles. The Morgan fingerprint density at radius 3 is 1.59 bits per heavy atom. The van der Waals surface area contributed by atoms with Crippen molar-refractivity contribution in [2.45, 2.75) is 118 Å². The molecule has 3 aromatic carbocycles. The van der Waals surface area contributed by atoms with Crippen molar-refractivity contribution in [1.82, 2.24) is 4.72 Å². The molecular weight excluding hydrogens is 791 g/mol. The quantitative estimate of drug-likeness (QED) is 0.0574. The zero-order chi connectivity index (χ0) is 42.7. The maximum absolute atomic E-state index is 14.1. The largest absolute Gasteiger partial charge is 0.452 e. The van der Waals surface area contributed by atoms with Gasteiger partial charge in [0.2, 0.25) is 0 Å². The molecule has 0 aromatic heterocycles. The predicted octanol–water partition coefficient (Wildman–Crippen LogP) is 9.08. The number of esters is 3. The van der Waals surface area contributed by atoms with Crippen LogP contribution in [-0.4, -0.2) is 82.9 Å². The number of nitrogens with one attached hydrogen (secondary N) is 1. The van der Waals surface area contributed by atoms with Crippen LogP contribution in [0.1, 0.15) is 85.5 Å². The van der Waals surface area contributed by atoms with E-state index in [1.54, 1.807) is 103 Å². The molecular formula is C45H59NO9S2Si. The second-order valence-electron chi connectivity index (χ2n) is 16.7. The Hall–Kier alpha value is -3.85. The summed E-state index contributed by atoms with van der Waals surface area (Å²) in [6.45, 7) is 24.7. The summed E-state index contributed by atoms with van der Waals surface area (Å²) in [7, 11) is -3.84. The van der Waals surface area contributed by atoms with Crippen LogP contribution in [0.25, 0.3) is 0 Å². The molecule has 1 unspecified atom stereocenters. The van der Waals surface area contributed by atoms with Crippen LogP contribution < -0.4 is 4.72 Å². The van der Waals surface area contributed by atoms with E-state index < -0.39 is 77.9 Å². The van der Waals surface area contributed by atoms with Crippen LogP contribution in [0, 0.1) is 0 Å². The van der Waals surface area contributed by atoms with Gasteiger partial charge in [0.15, 0.2) is 26.6 Å². The van der Waals surface area contributed by atoms with Crippen molar-refractivity contribution in [3.8, 4) is 0 Å². The zero-order valence-corrected chi connectivity index (χ0v) is 37.5. The molecule has 1 aliphatic rings. The molecule has 0 radical (unpaired) electrons. The van der Waals surface area contributed by atoms with Crippen molar-refractivity contribution < 1.29 is 42.0 Å². The van der Waals surface area contributed by atoms with Crippen molar-refractivity contribution in [3.05, 3.63) is 133 Å². The number of benzene rings is 3. The first-order valence-electron chi connectivity index (χ1n) is 19.5. The van der Waals surface area contributed by atoms with Gasteiger partial charge in [-0.25, -0.2) is 23.3 Å². The molecule has 1 aliphatic heterocycles. The van der Waals surface area contributed by atoms with Gasteiger partial charge in [0.1, 0.15) is 11.5 Å². The molecule has 1 heterocycles. The Morgan fingerprint density at radius 2 is 1.17 bits per heavy atom. The molecule has 3 aromatic rings. The number of allylic oxidation sites excluding steroid dienone is 1. The van der Waals surface area contributed by atoms with Crippen LogP contribution in [0.5, 0.6) is 0 Å². The molecule has 0 amide bonds. The summed E-state index contributed by atoms with van der Waals surface area (Å²) in [4.78, 5) is 42.2. The van der Waals surface area contributed by atoms with Crippen molar-refractivity contribution in [2.24, 2.45) is 0 Å². The predicted molar refractivity (Wildman–Crippen MR) is 235 cm³/mol. The molecule has 0 saturated carbocycles. The molecule has 4 rings (SSSR count). The summed E-state index contributed by atoms with van der Waals surface area (Å²) in [6.07, 6.45) is -1.01. The van der Waals surface area contributed by atoms with Crippen LogP contribution in [0.4, 0.5) is 0 Å². The van der Waals surface area contributed by atoms with E-state index in [9.17, 15) is 18.6 Å². The van der Waals surface area contributed by atoms with E-state index in [0.717, 1.165) is 0 Å². The Morgan fingerprint density at radius 1 is 0.741 bits per heavy atom. The topological polar surface area (TPSA) is 126 Å². The van der Waals surface area contributed by atoms with Crippen molar-refractivity contribution in [3.63, 3.8) is 0 Å². The molecule has 13 heteroatoms. The van der Waals surface area contributed by atoms with Crippen LogP contribution in [0.2, 0.25) is 18.1 Å². The van der Waals surface area contributed by atoms with E-state index in [4.69, 9.17) is 23.4 Å². The van der Waals surface area contributed by atoms with Crippen LogP contribution in [-0.2, 0) is 34.4 Å². The summed E-state index contributed by atoms with van der Waals surface area (Å²) in [5, 5.41) is -0.311. The summed E-state index contributed by atoms with van der Waals surface area (Å²) < 4.78 is 49.0. The molecule has 314 valence electrons. The fraction of sp³-hybridized carbons (Fsp3) is 0.444. The number of carbonyl (C=O) groups excluding carboxylic acids is 3. The number of carbonyl (C=O) groups is 3. The smallest absolute Gasteiger partial charge is 0.338 e. The monoisotopic (exact) mass is 849 g/mol. The SMILES string of the molecule is C=CCC(CO[Si](C)(C)C(C)(C)C)S[C@H]1O[C@H]([C@@H](CC=C)N[S@](=O)C(C)(C)C)[C@H](OC(=O)c2ccccc2)[C@H](OC(=O)c2ccccc2)[C@H]1OC(=O)c1ccccc1. The number of ether oxygens (including phenoxy) is 4. The average molecular weight is 850 g/mol. The molecule has 0 bridgehead atoms. The van der Waals surface area contributed by atoms with Crippen molar-refractivity contribution >= 4 is 49.0 Å². The van der Waals surface area contributed by atoms with Gasteiger partial charge in [-0.3, -0.25) is 0 Å². The number of hydrogen-bond donors (Lipinski definition) is 1. The maximum atomic E-state index is 14.1. The third-order valence-electron chi connectivity index (χ3n) is 10.1. The van der Waals surface area contributed by atoms with Gasteiger partial charge in [-0.15, -0.1) is 24.9 Å². The van der Waals surface area contributed by atoms with Gasteiger partial charge < -0.3 is 23.4 Å². The minimum Gasteiger partial charge on any atom is -0.452 e. The lowest BCUT2D eigenvalue weighted by Crippen LogP contribution is -2.65. The van der Waals surface area contributed by atoms with E-state index in [0.29, 0.717) is 13.0 Å². The number of thioether (sulfide) groups is 1. The van der Waals surface area contributed by atoms with Gasteiger partial charge in [0.25, 0.3) is 0 Å². The van der Waals surface area contributed by atoms with Crippen LogP contribution >= 0.6 is 11.8 Å². The molecule has 8 atom stereocenters. The second-order valence-corrected chi connectivity index (χ2v) is 24.9. The van der Waals surface area contributed by atoms with Gasteiger partial charge in [0.05, 0.1) is 38.5 Å². The summed E-state index contributed by atoms with van der Waals surface area (Å²) >= 11 is 1.36. The number of hydrogen-bond acceptors (Lipinski definition) is 10. The van der Waals surface area contributed by atoms with Gasteiger partial charge in [-0.1, -0.05) is 87.5 Å². The first-order chi connectivity index (χ1) is 27.4. The Kier molecular flexibility index (Phi) is 16.9. The standard InChI is InChI=1S/C45H59NO9S2Si/c1-11-22-34(30-51-58(9,10)45(6,7)8)56-43-39(54-42(49)33-28-20-15-21-29-33)38(53-41(48)32-26-18-14-19-27-32)37(52-40(47)31-24-16-13-17-25-31)36(55-43)35(23-12-2)46-57(50)44(3,4)5/h11-21,24-29,34-39,43,46H,1-2,22-23,30H2,3-10H3/t34?,35-,36-,37+,38+,39-,43-,57-/m1/s1. The summed E-state index contributed by atoms with van der Waals surface area (Å²) in [6, 6.07) is 24.5. The third-order valence-corrected chi connectivity index (χ3v) is 17.6. The van der Waals surface area contributed by atoms with E-state index >= 15 is 0 Å². The summed E-state index contributed by atoms with van der Waals surface area (Å²) in [5.74, 6) is -2.15. The normalized spacial score (nSPS) is 21.5. The Bertz CT molecular complexity index is 1850. The molecule has 1 N–H and O–H groups in total. The molecule has 0 spiro atoms. The first kappa shape index (κ1) is 46.8. The van der Waals surface area contributed by atoms with Crippen LogP contribution in [0.3, 0.4) is 0 Å². The van der Waals surface area contributed by atoms with Crippen molar-refractivity contribution in [1.29, 1.82) is 0 Å². The third kappa shape index (κ3) is 12.8. The van der Waals surface area contributed by atoms with E-state index in [-0.39, 0.29) is 33.4 Å². The van der Waals surface area contributed by atoms with Crippen LogP contribution in [0.15, 0.2) is 116 Å². The lowest BCUT2D eigenvalue weighted by atomic mass is 9.92. The highest BCUT2D eigenvalue weighted by molar-refractivity contribution is 8.00. The molecule has 10 nitrogen and oxygen atoms in total. The highest BCUT2D eigenvalue weighted by Crippen LogP contribution is 2.41. The molecule has 58 heavy (non-hydrogen) atoms. The Labute approximate surface area is 352 Å². The van der Waals surface area contributed by atoms with Gasteiger partial charge >= 0.3 is 17.9 Å². The summed E-state index contributed by atoms with van der Waals surface area (Å²) in [5.41, 5.74) is -0.278. The zero-order valence-electron chi connectivity index (χ0n) is 34.9. The first-order valence-corrected chi connectivity index (χ1v) is 24.5. The molecule has 1 fully saturated rings. The van der Waals surface area contributed by atoms with Gasteiger partial charge in [-0.2, -0.15) is 0 Å². The lowest BCUT2D eigenvalue weighted by molar-refractivity contribution is -0.205. The highest BCUT2D eigenvalue weighted by atomic mass is 32.2. The fourth-order valence-electron chi connectivity index (χ4n) is 5.76. The molecule has 0 aliphatic carbocycles.